The molecule has 5 nitrogen and oxygen atoms in total. The monoisotopic (exact) mass is 268 g/mol. The molecule has 0 aromatic heterocycles. The minimum Gasteiger partial charge on any atom is -0.481 e. The van der Waals surface area contributed by atoms with Crippen LogP contribution in [0.15, 0.2) is 0 Å². The number of nitrogens with two attached hydrogens (primary N) is 1. The lowest BCUT2D eigenvalue weighted by Gasteiger charge is -2.41. The first-order valence-corrected chi connectivity index (χ1v) is 7.40. The predicted molar refractivity (Wildman–Crippen MR) is 71.7 cm³/mol. The molecule has 0 aromatic carbocycles. The zero-order chi connectivity index (χ0) is 13.8. The third-order valence-electron chi connectivity index (χ3n) is 4.66. The number of hydrogen-bond acceptors (Lipinski definition) is 2. The molecule has 0 bridgehead atoms. The highest BCUT2D eigenvalue weighted by molar-refractivity contribution is 5.73. The normalized spacial score (nSPS) is 28.8. The van der Waals surface area contributed by atoms with Gasteiger partial charge in [-0.15, -0.1) is 0 Å². The van der Waals surface area contributed by atoms with Gasteiger partial charge in [-0.2, -0.15) is 0 Å². The molecule has 0 unspecified atom stereocenters. The molecule has 2 saturated carbocycles. The van der Waals surface area contributed by atoms with Gasteiger partial charge in [0.2, 0.25) is 0 Å². The third kappa shape index (κ3) is 3.39. The van der Waals surface area contributed by atoms with Crippen molar-refractivity contribution >= 4 is 12.0 Å². The largest absolute Gasteiger partial charge is 0.481 e. The Labute approximate surface area is 114 Å². The molecule has 2 aliphatic carbocycles. The molecule has 0 heterocycles. The van der Waals surface area contributed by atoms with Crippen LogP contribution in [0.1, 0.15) is 57.8 Å². The van der Waals surface area contributed by atoms with Gasteiger partial charge in [0, 0.05) is 12.1 Å². The number of aliphatic carboxylic acids is 1. The zero-order valence-electron chi connectivity index (χ0n) is 11.4. The van der Waals surface area contributed by atoms with Crippen LogP contribution in [0.25, 0.3) is 0 Å². The second-order valence-corrected chi connectivity index (χ2v) is 5.88. The van der Waals surface area contributed by atoms with Gasteiger partial charge in [0.15, 0.2) is 0 Å². The lowest BCUT2D eigenvalue weighted by molar-refractivity contribution is -0.143. The number of carboxylic acid groups (broad SMARTS) is 1. The summed E-state index contributed by atoms with van der Waals surface area (Å²) in [5.41, 5.74) is 5.56. The van der Waals surface area contributed by atoms with Gasteiger partial charge in [-0.3, -0.25) is 4.79 Å². The van der Waals surface area contributed by atoms with Crippen LogP contribution in [-0.4, -0.2) is 34.1 Å². The van der Waals surface area contributed by atoms with Crippen LogP contribution in [-0.2, 0) is 4.79 Å². The fraction of sp³-hybridized carbons (Fsp3) is 0.857. The SMILES string of the molecule is NC(=O)N(C1CCCCC1)C1CCC(C(=O)O)CC1. The fourth-order valence-corrected chi connectivity index (χ4v) is 3.62. The van der Waals surface area contributed by atoms with Crippen LogP contribution in [0.4, 0.5) is 4.79 Å². The Hall–Kier alpha value is -1.26. The molecule has 3 N–H and O–H groups in total. The summed E-state index contributed by atoms with van der Waals surface area (Å²) >= 11 is 0. The maximum absolute atomic E-state index is 11.7. The Morgan fingerprint density at radius 2 is 1.42 bits per heavy atom. The highest BCUT2D eigenvalue weighted by Gasteiger charge is 2.34. The molecular formula is C14H24N2O3. The van der Waals surface area contributed by atoms with Gasteiger partial charge in [0.05, 0.1) is 5.92 Å². The van der Waals surface area contributed by atoms with Crippen molar-refractivity contribution in [2.75, 3.05) is 0 Å². The second-order valence-electron chi connectivity index (χ2n) is 5.88. The van der Waals surface area contributed by atoms with Crippen LogP contribution >= 0.6 is 0 Å². The molecule has 0 aromatic rings. The summed E-state index contributed by atoms with van der Waals surface area (Å²) in [6.07, 6.45) is 8.54. The van der Waals surface area contributed by atoms with Crippen LogP contribution in [0.5, 0.6) is 0 Å². The van der Waals surface area contributed by atoms with E-state index >= 15 is 0 Å². The molecule has 5 heteroatoms. The lowest BCUT2D eigenvalue weighted by Crippen LogP contribution is -2.51. The number of rotatable bonds is 3. The van der Waals surface area contributed by atoms with Crippen LogP contribution in [0.2, 0.25) is 0 Å². The predicted octanol–water partition coefficient (Wildman–Crippen LogP) is 2.34. The maximum Gasteiger partial charge on any atom is 0.315 e. The third-order valence-corrected chi connectivity index (χ3v) is 4.66. The molecule has 0 aliphatic heterocycles. The van der Waals surface area contributed by atoms with Gasteiger partial charge in [-0.1, -0.05) is 19.3 Å². The zero-order valence-corrected chi connectivity index (χ0v) is 11.4. The summed E-state index contributed by atoms with van der Waals surface area (Å²) < 4.78 is 0. The Morgan fingerprint density at radius 3 is 1.89 bits per heavy atom. The molecule has 2 rings (SSSR count). The minimum absolute atomic E-state index is 0.149. The van der Waals surface area contributed by atoms with Crippen molar-refractivity contribution in [1.29, 1.82) is 0 Å². The number of hydrogen-bond donors (Lipinski definition) is 2. The number of nitrogens with zero attached hydrogens (tertiary/aromatic N) is 1. The van der Waals surface area contributed by atoms with Crippen molar-refractivity contribution in [1.82, 2.24) is 4.90 Å². The Balaban J connectivity index is 1.96. The summed E-state index contributed by atoms with van der Waals surface area (Å²) in [6, 6.07) is 0.0968. The highest BCUT2D eigenvalue weighted by Crippen LogP contribution is 2.32. The van der Waals surface area contributed by atoms with Gasteiger partial charge in [0.1, 0.15) is 0 Å². The van der Waals surface area contributed by atoms with Crippen LogP contribution in [0.3, 0.4) is 0 Å². The topological polar surface area (TPSA) is 83.6 Å². The number of carboxylic acids is 1. The summed E-state index contributed by atoms with van der Waals surface area (Å²) in [4.78, 5) is 24.6. The van der Waals surface area contributed by atoms with Crippen molar-refractivity contribution in [3.63, 3.8) is 0 Å². The van der Waals surface area contributed by atoms with Crippen molar-refractivity contribution in [3.05, 3.63) is 0 Å². The van der Waals surface area contributed by atoms with Gasteiger partial charge in [-0.05, 0) is 38.5 Å². The molecule has 108 valence electrons. The van der Waals surface area contributed by atoms with E-state index in [2.05, 4.69) is 0 Å². The van der Waals surface area contributed by atoms with E-state index < -0.39 is 5.97 Å². The quantitative estimate of drug-likeness (QED) is 0.824. The maximum atomic E-state index is 11.7. The summed E-state index contributed by atoms with van der Waals surface area (Å²) in [5.74, 6) is -0.945. The Bertz CT molecular complexity index is 332. The van der Waals surface area contributed by atoms with Gasteiger partial charge >= 0.3 is 12.0 Å². The van der Waals surface area contributed by atoms with E-state index in [1.807, 2.05) is 4.90 Å². The average molecular weight is 268 g/mol. The van der Waals surface area contributed by atoms with Crippen LogP contribution < -0.4 is 5.73 Å². The van der Waals surface area contributed by atoms with E-state index in [0.717, 1.165) is 25.7 Å². The fourth-order valence-electron chi connectivity index (χ4n) is 3.62. The van der Waals surface area contributed by atoms with Crippen molar-refractivity contribution < 1.29 is 14.7 Å². The number of amides is 2. The minimum atomic E-state index is -0.707. The highest BCUT2D eigenvalue weighted by atomic mass is 16.4. The molecule has 0 radical (unpaired) electrons. The van der Waals surface area contributed by atoms with E-state index in [0.29, 0.717) is 12.8 Å². The number of carbonyl (C=O) groups excluding carboxylic acids is 1. The summed E-state index contributed by atoms with van der Waals surface area (Å²) in [7, 11) is 0. The van der Waals surface area contributed by atoms with E-state index in [-0.39, 0.29) is 24.0 Å². The smallest absolute Gasteiger partial charge is 0.315 e. The Kier molecular flexibility index (Phi) is 4.66. The van der Waals surface area contributed by atoms with Crippen molar-refractivity contribution in [2.24, 2.45) is 11.7 Å². The molecular weight excluding hydrogens is 244 g/mol. The summed E-state index contributed by atoms with van der Waals surface area (Å²) in [5, 5.41) is 9.02. The van der Waals surface area contributed by atoms with E-state index in [9.17, 15) is 9.59 Å². The van der Waals surface area contributed by atoms with E-state index in [1.54, 1.807) is 0 Å². The van der Waals surface area contributed by atoms with Gasteiger partial charge in [0.25, 0.3) is 0 Å². The molecule has 2 aliphatic rings. The molecule has 2 fully saturated rings. The first kappa shape index (κ1) is 14.2. The van der Waals surface area contributed by atoms with Crippen LogP contribution in [0, 0.1) is 5.92 Å². The van der Waals surface area contributed by atoms with E-state index in [1.165, 1.54) is 19.3 Å². The number of urea groups is 1. The molecule has 19 heavy (non-hydrogen) atoms. The molecule has 0 saturated heterocycles. The Morgan fingerprint density at radius 1 is 0.895 bits per heavy atom. The second kappa shape index (κ2) is 6.26. The van der Waals surface area contributed by atoms with Gasteiger partial charge < -0.3 is 15.7 Å². The first-order chi connectivity index (χ1) is 9.09. The molecule has 0 spiro atoms. The van der Waals surface area contributed by atoms with Gasteiger partial charge in [-0.25, -0.2) is 4.79 Å². The molecule has 0 atom stereocenters. The summed E-state index contributed by atoms with van der Waals surface area (Å²) in [6.45, 7) is 0. The first-order valence-electron chi connectivity index (χ1n) is 7.40. The number of carbonyl (C=O) groups is 2. The van der Waals surface area contributed by atoms with Crippen molar-refractivity contribution in [2.45, 2.75) is 69.9 Å². The van der Waals surface area contributed by atoms with Crippen molar-refractivity contribution in [3.8, 4) is 0 Å². The lowest BCUT2D eigenvalue weighted by atomic mass is 9.83. The number of primary amides is 1. The van der Waals surface area contributed by atoms with E-state index in [4.69, 9.17) is 10.8 Å². The standard InChI is InChI=1S/C14H24N2O3/c15-14(19)16(11-4-2-1-3-5-11)12-8-6-10(7-9-12)13(17)18/h10-12H,1-9H2,(H2,15,19)(H,17,18). The molecule has 2 amide bonds. The average Bonchev–Trinajstić information content (AvgIpc) is 2.40.